The minimum absolute atomic E-state index is 0.0608. The number of aromatic nitrogens is 2. The molecule has 4 N–H and O–H groups in total. The van der Waals surface area contributed by atoms with Gasteiger partial charge in [0, 0.05) is 13.1 Å². The lowest BCUT2D eigenvalue weighted by Gasteiger charge is -2.22. The number of morpholine rings is 1. The van der Waals surface area contributed by atoms with Crippen LogP contribution in [0.15, 0.2) is 58.8 Å². The summed E-state index contributed by atoms with van der Waals surface area (Å²) in [5.74, 6) is -0.00543. The number of aliphatic hydroxyl groups is 1. The molecule has 3 heterocycles. The summed E-state index contributed by atoms with van der Waals surface area (Å²) in [5, 5.41) is 22.1. The maximum atomic E-state index is 13.2. The molecule has 40 heavy (non-hydrogen) atoms. The number of ether oxygens (including phenoxy) is 1. The summed E-state index contributed by atoms with van der Waals surface area (Å²) in [6, 6.07) is 15.7. The molecule has 1 fully saturated rings. The van der Waals surface area contributed by atoms with Gasteiger partial charge in [0.2, 0.25) is 5.91 Å². The van der Waals surface area contributed by atoms with Gasteiger partial charge in [-0.3, -0.25) is 14.2 Å². The van der Waals surface area contributed by atoms with E-state index in [-0.39, 0.29) is 22.0 Å². The van der Waals surface area contributed by atoms with Crippen LogP contribution in [0.1, 0.15) is 30.5 Å². The summed E-state index contributed by atoms with van der Waals surface area (Å²) in [7, 11) is -3.97. The predicted molar refractivity (Wildman–Crippen MR) is 155 cm³/mol. The first-order valence-electron chi connectivity index (χ1n) is 12.7. The van der Waals surface area contributed by atoms with Crippen LogP contribution in [-0.4, -0.2) is 55.0 Å². The van der Waals surface area contributed by atoms with Crippen molar-refractivity contribution in [1.29, 1.82) is 0 Å². The van der Waals surface area contributed by atoms with Crippen LogP contribution in [0.25, 0.3) is 10.9 Å². The van der Waals surface area contributed by atoms with E-state index in [2.05, 4.69) is 20.5 Å². The maximum Gasteiger partial charge on any atom is 0.272 e. The molecule has 1 amide bonds. The Morgan fingerprint density at radius 1 is 1.23 bits per heavy atom. The normalized spacial score (nSPS) is 16.2. The van der Waals surface area contributed by atoms with Gasteiger partial charge in [0.25, 0.3) is 10.0 Å². The first kappa shape index (κ1) is 28.5. The summed E-state index contributed by atoms with van der Waals surface area (Å²) < 4.78 is 36.4. The molecule has 2 aromatic heterocycles. The van der Waals surface area contributed by atoms with Crippen molar-refractivity contribution in [2.45, 2.75) is 42.8 Å². The quantitative estimate of drug-likeness (QED) is 0.230. The number of thiophene rings is 1. The van der Waals surface area contributed by atoms with Crippen molar-refractivity contribution < 1.29 is 23.1 Å². The largest absolute Gasteiger partial charge is 0.386 e. The first-order valence-corrected chi connectivity index (χ1v) is 15.4. The van der Waals surface area contributed by atoms with E-state index in [0.29, 0.717) is 53.7 Å². The van der Waals surface area contributed by atoms with Crippen molar-refractivity contribution in [3.05, 3.63) is 75.6 Å². The number of hydrogen-bond acceptors (Lipinski definition) is 8. The zero-order valence-electron chi connectivity index (χ0n) is 22.0. The van der Waals surface area contributed by atoms with Gasteiger partial charge in [-0.1, -0.05) is 48.0 Å². The Bertz CT molecular complexity index is 1640. The molecule has 212 valence electrons. The van der Waals surface area contributed by atoms with Crippen LogP contribution in [0.5, 0.6) is 0 Å². The standard InChI is InChI=1S/C27H30ClN5O5S2/c1-27(2,35)19-7-4-8-21-24(19)25(32-40(36,37)23-10-9-22(28)39-23)31-33(21)15-18-6-3-5-17(13-18)14-30-26(34)20-16-38-12-11-29-20/h3-10,13,20,29,35H,11-12,14-16H2,1-2H3,(H,30,34)(H,31,32)/t20-/m0/s1. The Hall–Kier alpha value is -3.00. The molecule has 0 aliphatic carbocycles. The molecule has 1 saturated heterocycles. The number of halogens is 1. The highest BCUT2D eigenvalue weighted by Crippen LogP contribution is 2.35. The van der Waals surface area contributed by atoms with E-state index in [0.717, 1.165) is 22.5 Å². The third-order valence-electron chi connectivity index (χ3n) is 6.51. The fraction of sp³-hybridized carbons (Fsp3) is 0.333. The molecule has 0 spiro atoms. The second kappa shape index (κ2) is 11.5. The maximum absolute atomic E-state index is 13.2. The van der Waals surface area contributed by atoms with Gasteiger partial charge in [-0.05, 0) is 48.7 Å². The molecule has 0 saturated carbocycles. The van der Waals surface area contributed by atoms with Gasteiger partial charge in [0.1, 0.15) is 10.3 Å². The van der Waals surface area contributed by atoms with Crippen LogP contribution in [-0.2, 0) is 38.2 Å². The van der Waals surface area contributed by atoms with E-state index < -0.39 is 15.6 Å². The van der Waals surface area contributed by atoms with Crippen LogP contribution < -0.4 is 15.4 Å². The lowest BCUT2D eigenvalue weighted by atomic mass is 9.95. The number of fused-ring (bicyclic) bond motifs is 1. The molecule has 13 heteroatoms. The van der Waals surface area contributed by atoms with Gasteiger partial charge in [0.15, 0.2) is 5.82 Å². The van der Waals surface area contributed by atoms with Crippen molar-refractivity contribution in [2.24, 2.45) is 0 Å². The number of amides is 1. The number of sulfonamides is 1. The Balaban J connectivity index is 1.44. The van der Waals surface area contributed by atoms with Crippen molar-refractivity contribution in [3.8, 4) is 0 Å². The zero-order valence-corrected chi connectivity index (χ0v) is 24.4. The summed E-state index contributed by atoms with van der Waals surface area (Å²) in [5.41, 5.74) is 1.75. The molecule has 4 aromatic rings. The molecule has 0 unspecified atom stereocenters. The van der Waals surface area contributed by atoms with Crippen LogP contribution in [0.3, 0.4) is 0 Å². The second-order valence-corrected chi connectivity index (χ2v) is 13.7. The molecule has 5 rings (SSSR count). The smallest absolute Gasteiger partial charge is 0.272 e. The van der Waals surface area contributed by atoms with Gasteiger partial charge in [-0.15, -0.1) is 11.3 Å². The fourth-order valence-electron chi connectivity index (χ4n) is 4.61. The van der Waals surface area contributed by atoms with E-state index in [1.807, 2.05) is 30.3 Å². The summed E-state index contributed by atoms with van der Waals surface area (Å²) >= 11 is 6.92. The Labute approximate surface area is 241 Å². The SMILES string of the molecule is CC(C)(O)c1cccc2c1c(NS(=O)(=O)c1ccc(Cl)s1)nn2Cc1cccc(CNC(=O)[C@@H]2COCCN2)c1. The fourth-order valence-corrected chi connectivity index (χ4v) is 7.10. The van der Waals surface area contributed by atoms with E-state index in [9.17, 15) is 18.3 Å². The third-order valence-corrected chi connectivity index (χ3v) is 9.57. The van der Waals surface area contributed by atoms with E-state index in [4.69, 9.17) is 16.3 Å². The predicted octanol–water partition coefficient (Wildman–Crippen LogP) is 3.43. The highest BCUT2D eigenvalue weighted by atomic mass is 35.5. The molecule has 1 atom stereocenters. The van der Waals surface area contributed by atoms with Crippen LogP contribution in [0, 0.1) is 0 Å². The van der Waals surface area contributed by atoms with E-state index in [1.54, 1.807) is 30.7 Å². The molecular weight excluding hydrogens is 574 g/mol. The number of hydrogen-bond donors (Lipinski definition) is 4. The molecule has 1 aliphatic heterocycles. The average molecular weight is 604 g/mol. The lowest BCUT2D eigenvalue weighted by Crippen LogP contribution is -2.51. The van der Waals surface area contributed by atoms with Crippen molar-refractivity contribution in [2.75, 3.05) is 24.5 Å². The highest BCUT2D eigenvalue weighted by molar-refractivity contribution is 7.94. The monoisotopic (exact) mass is 603 g/mol. The first-order chi connectivity index (χ1) is 19.0. The molecule has 1 aliphatic rings. The van der Waals surface area contributed by atoms with Crippen molar-refractivity contribution in [1.82, 2.24) is 20.4 Å². The minimum atomic E-state index is -3.97. The number of nitrogens with zero attached hydrogens (tertiary/aromatic N) is 2. The molecule has 0 radical (unpaired) electrons. The molecule has 10 nitrogen and oxygen atoms in total. The second-order valence-electron chi connectivity index (χ2n) is 10.0. The van der Waals surface area contributed by atoms with Crippen LogP contribution >= 0.6 is 22.9 Å². The third kappa shape index (κ3) is 6.32. The number of anilines is 1. The Morgan fingerprint density at radius 2 is 2.00 bits per heavy atom. The summed E-state index contributed by atoms with van der Waals surface area (Å²) in [6.45, 7) is 5.54. The molecular formula is C27H30ClN5O5S2. The Morgan fingerprint density at radius 3 is 2.70 bits per heavy atom. The van der Waals surface area contributed by atoms with Gasteiger partial charge in [-0.2, -0.15) is 5.10 Å². The van der Waals surface area contributed by atoms with Gasteiger partial charge in [-0.25, -0.2) is 8.42 Å². The van der Waals surface area contributed by atoms with Crippen LogP contribution in [0.2, 0.25) is 4.34 Å². The highest BCUT2D eigenvalue weighted by Gasteiger charge is 2.27. The molecule has 2 aromatic carbocycles. The average Bonchev–Trinajstić information content (AvgIpc) is 3.51. The number of nitrogens with one attached hydrogen (secondary N) is 3. The van der Waals surface area contributed by atoms with Crippen molar-refractivity contribution in [3.63, 3.8) is 0 Å². The number of rotatable bonds is 9. The molecule has 0 bridgehead atoms. The van der Waals surface area contributed by atoms with Gasteiger partial charge in [0.05, 0.1) is 40.6 Å². The van der Waals surface area contributed by atoms with E-state index >= 15 is 0 Å². The number of carbonyl (C=O) groups excluding carboxylic acids is 1. The van der Waals surface area contributed by atoms with E-state index in [1.165, 1.54) is 12.1 Å². The Kier molecular flexibility index (Phi) is 8.18. The minimum Gasteiger partial charge on any atom is -0.386 e. The number of carbonyl (C=O) groups is 1. The zero-order chi connectivity index (χ0) is 28.5. The topological polar surface area (TPSA) is 135 Å². The number of benzene rings is 2. The van der Waals surface area contributed by atoms with Gasteiger partial charge < -0.3 is 20.5 Å². The van der Waals surface area contributed by atoms with Gasteiger partial charge >= 0.3 is 0 Å². The lowest BCUT2D eigenvalue weighted by molar-refractivity contribution is -0.126. The summed E-state index contributed by atoms with van der Waals surface area (Å²) in [6.07, 6.45) is 0. The van der Waals surface area contributed by atoms with Crippen molar-refractivity contribution >= 4 is 55.6 Å². The van der Waals surface area contributed by atoms with Crippen LogP contribution in [0.4, 0.5) is 5.82 Å². The summed E-state index contributed by atoms with van der Waals surface area (Å²) in [4.78, 5) is 12.5.